The predicted octanol–water partition coefficient (Wildman–Crippen LogP) is 3.89. The van der Waals surface area contributed by atoms with E-state index in [1.54, 1.807) is 0 Å². The molecule has 2 aliphatic heterocycles. The number of aromatic nitrogens is 2. The summed E-state index contributed by atoms with van der Waals surface area (Å²) < 4.78 is 2.57. The fourth-order valence-corrected chi connectivity index (χ4v) is 4.33. The topological polar surface area (TPSA) is 21.1 Å². The maximum atomic E-state index is 4.17. The summed E-state index contributed by atoms with van der Waals surface area (Å²) in [5.74, 6) is 0. The van der Waals surface area contributed by atoms with Crippen molar-refractivity contribution < 1.29 is 0 Å². The second kappa shape index (κ2) is 5.05. The van der Waals surface area contributed by atoms with Crippen molar-refractivity contribution in [3.8, 4) is 0 Å². The Kier molecular flexibility index (Phi) is 2.95. The number of fused-ring (bicyclic) bond motifs is 3. The summed E-state index contributed by atoms with van der Waals surface area (Å²) in [5.41, 5.74) is 9.87. The van der Waals surface area contributed by atoms with Crippen LogP contribution in [-0.4, -0.2) is 28.0 Å². The Hall–Kier alpha value is -2.39. The van der Waals surface area contributed by atoms with Gasteiger partial charge in [-0.1, -0.05) is 0 Å². The Labute approximate surface area is 142 Å². The van der Waals surface area contributed by atoms with Gasteiger partial charge in [-0.25, -0.2) is 0 Å². The number of likely N-dealkylation sites (N-methyl/N-ethyl adjacent to an activating group) is 1. The van der Waals surface area contributed by atoms with E-state index in [1.807, 2.05) is 12.4 Å². The van der Waals surface area contributed by atoms with Gasteiger partial charge in [-0.05, 0) is 72.1 Å². The molecular weight excluding hydrogens is 294 g/mol. The van der Waals surface area contributed by atoms with E-state index in [4.69, 9.17) is 0 Å². The average Bonchev–Trinajstić information content (AvgIpc) is 2.90. The highest BCUT2D eigenvalue weighted by Crippen LogP contribution is 2.39. The molecule has 0 fully saturated rings. The van der Waals surface area contributed by atoms with Crippen LogP contribution in [0.15, 0.2) is 36.7 Å². The number of rotatable bonds is 1. The molecule has 4 heterocycles. The fraction of sp³-hybridized carbons (Fsp3) is 0.286. The summed E-state index contributed by atoms with van der Waals surface area (Å²) in [6.07, 6.45) is 7.29. The SMILES string of the molecule is Cc1cc2c3c(c1)c1c(n3CC(c3ccncc3)=C2)CCN(C)C1. The molecule has 1 aromatic carbocycles. The molecule has 5 rings (SSSR count). The van der Waals surface area contributed by atoms with Gasteiger partial charge in [0.25, 0.3) is 0 Å². The standard InChI is InChI=1S/C21H21N3/c1-14-9-16-11-17(15-3-6-22-7-4-15)12-24-20-5-8-23(2)13-19(20)18(10-14)21(16)24/h3-4,6-7,9-11H,5,8,12-13H2,1-2H3. The highest BCUT2D eigenvalue weighted by Gasteiger charge is 2.26. The molecular formula is C21H21N3. The largest absolute Gasteiger partial charge is 0.339 e. The molecule has 3 heteroatoms. The first-order valence-electron chi connectivity index (χ1n) is 8.65. The third-order valence-electron chi connectivity index (χ3n) is 5.42. The summed E-state index contributed by atoms with van der Waals surface area (Å²) >= 11 is 0. The van der Waals surface area contributed by atoms with Gasteiger partial charge in [-0.15, -0.1) is 0 Å². The third kappa shape index (κ3) is 1.98. The lowest BCUT2D eigenvalue weighted by Crippen LogP contribution is -2.27. The molecule has 0 spiro atoms. The molecule has 0 N–H and O–H groups in total. The van der Waals surface area contributed by atoms with E-state index >= 15 is 0 Å². The highest BCUT2D eigenvalue weighted by atomic mass is 15.1. The van der Waals surface area contributed by atoms with Crippen molar-refractivity contribution in [3.63, 3.8) is 0 Å². The van der Waals surface area contributed by atoms with Crippen LogP contribution in [0.3, 0.4) is 0 Å². The molecule has 0 saturated carbocycles. The first kappa shape index (κ1) is 14.0. The van der Waals surface area contributed by atoms with Gasteiger partial charge >= 0.3 is 0 Å². The minimum Gasteiger partial charge on any atom is -0.339 e. The van der Waals surface area contributed by atoms with Gasteiger partial charge in [0.05, 0.1) is 5.52 Å². The van der Waals surface area contributed by atoms with Crippen LogP contribution >= 0.6 is 0 Å². The van der Waals surface area contributed by atoms with Crippen molar-refractivity contribution in [2.75, 3.05) is 13.6 Å². The number of pyridine rings is 1. The minimum absolute atomic E-state index is 0.968. The monoisotopic (exact) mass is 315 g/mol. The molecule has 2 aliphatic rings. The van der Waals surface area contributed by atoms with Crippen LogP contribution in [-0.2, 0) is 19.5 Å². The van der Waals surface area contributed by atoms with Crippen LogP contribution < -0.4 is 0 Å². The van der Waals surface area contributed by atoms with Crippen LogP contribution in [0.2, 0.25) is 0 Å². The summed E-state index contributed by atoms with van der Waals surface area (Å²) in [6.45, 7) is 5.38. The summed E-state index contributed by atoms with van der Waals surface area (Å²) in [5, 5.41) is 1.46. The first-order chi connectivity index (χ1) is 11.7. The molecule has 2 aromatic heterocycles. The lowest BCUT2D eigenvalue weighted by Gasteiger charge is -2.25. The average molecular weight is 315 g/mol. The Morgan fingerprint density at radius 3 is 2.75 bits per heavy atom. The van der Waals surface area contributed by atoms with Gasteiger partial charge in [0.1, 0.15) is 0 Å². The number of allylic oxidation sites excluding steroid dienone is 1. The van der Waals surface area contributed by atoms with E-state index in [-0.39, 0.29) is 0 Å². The Morgan fingerprint density at radius 1 is 1.08 bits per heavy atom. The minimum atomic E-state index is 0.968. The molecule has 0 amide bonds. The summed E-state index contributed by atoms with van der Waals surface area (Å²) in [6, 6.07) is 8.94. The van der Waals surface area contributed by atoms with Crippen LogP contribution in [0.4, 0.5) is 0 Å². The molecule has 3 aromatic rings. The lowest BCUT2D eigenvalue weighted by atomic mass is 9.97. The predicted molar refractivity (Wildman–Crippen MR) is 98.8 cm³/mol. The summed E-state index contributed by atoms with van der Waals surface area (Å²) in [7, 11) is 2.23. The Bertz CT molecular complexity index is 979. The van der Waals surface area contributed by atoms with E-state index in [1.165, 1.54) is 44.4 Å². The van der Waals surface area contributed by atoms with Crippen molar-refractivity contribution in [2.45, 2.75) is 26.4 Å². The van der Waals surface area contributed by atoms with Crippen LogP contribution in [0.5, 0.6) is 0 Å². The van der Waals surface area contributed by atoms with E-state index in [9.17, 15) is 0 Å². The number of hydrogen-bond donors (Lipinski definition) is 0. The summed E-state index contributed by atoms with van der Waals surface area (Å²) in [4.78, 5) is 6.60. The van der Waals surface area contributed by atoms with Gasteiger partial charge in [-0.2, -0.15) is 0 Å². The van der Waals surface area contributed by atoms with Gasteiger partial charge < -0.3 is 9.47 Å². The van der Waals surface area contributed by atoms with Crippen LogP contribution in [0, 0.1) is 6.92 Å². The number of hydrogen-bond acceptors (Lipinski definition) is 2. The van der Waals surface area contributed by atoms with Gasteiger partial charge in [0.2, 0.25) is 0 Å². The van der Waals surface area contributed by atoms with E-state index < -0.39 is 0 Å². The van der Waals surface area contributed by atoms with E-state index in [0.29, 0.717) is 0 Å². The molecule has 0 radical (unpaired) electrons. The van der Waals surface area contributed by atoms with Crippen LogP contribution in [0.1, 0.15) is 27.9 Å². The van der Waals surface area contributed by atoms with Crippen molar-refractivity contribution in [1.82, 2.24) is 14.5 Å². The molecule has 120 valence electrons. The van der Waals surface area contributed by atoms with Gasteiger partial charge in [0, 0.05) is 49.5 Å². The molecule has 0 bridgehead atoms. The van der Waals surface area contributed by atoms with E-state index in [0.717, 1.165) is 26.1 Å². The normalized spacial score (nSPS) is 17.0. The number of nitrogens with zero attached hydrogens (tertiary/aromatic N) is 3. The second-order valence-electron chi connectivity index (χ2n) is 7.15. The fourth-order valence-electron chi connectivity index (χ4n) is 4.33. The molecule has 0 atom stereocenters. The number of benzene rings is 1. The van der Waals surface area contributed by atoms with Crippen molar-refractivity contribution in [3.05, 3.63) is 64.6 Å². The van der Waals surface area contributed by atoms with Crippen molar-refractivity contribution in [2.24, 2.45) is 0 Å². The highest BCUT2D eigenvalue weighted by molar-refractivity contribution is 5.99. The van der Waals surface area contributed by atoms with Crippen molar-refractivity contribution >= 4 is 22.6 Å². The molecule has 0 aliphatic carbocycles. The van der Waals surface area contributed by atoms with Crippen LogP contribution in [0.25, 0.3) is 22.6 Å². The maximum Gasteiger partial charge on any atom is 0.0562 e. The van der Waals surface area contributed by atoms with Crippen molar-refractivity contribution in [1.29, 1.82) is 0 Å². The second-order valence-corrected chi connectivity index (χ2v) is 7.15. The molecule has 0 unspecified atom stereocenters. The zero-order valence-corrected chi connectivity index (χ0v) is 14.2. The quantitative estimate of drug-likeness (QED) is 0.679. The maximum absolute atomic E-state index is 4.17. The third-order valence-corrected chi connectivity index (χ3v) is 5.42. The first-order valence-corrected chi connectivity index (χ1v) is 8.65. The van der Waals surface area contributed by atoms with E-state index in [2.05, 4.69) is 58.8 Å². The zero-order valence-electron chi connectivity index (χ0n) is 14.2. The zero-order chi connectivity index (χ0) is 16.3. The smallest absolute Gasteiger partial charge is 0.0562 e. The molecule has 0 saturated heterocycles. The van der Waals surface area contributed by atoms with Gasteiger partial charge in [0.15, 0.2) is 0 Å². The molecule has 3 nitrogen and oxygen atoms in total. The molecule has 24 heavy (non-hydrogen) atoms. The Morgan fingerprint density at radius 2 is 1.92 bits per heavy atom. The number of aryl methyl sites for hydroxylation is 1. The lowest BCUT2D eigenvalue weighted by molar-refractivity contribution is 0.310. The Balaban J connectivity index is 1.77. The van der Waals surface area contributed by atoms with Gasteiger partial charge in [-0.3, -0.25) is 4.98 Å².